The van der Waals surface area contributed by atoms with Gasteiger partial charge in [0.05, 0.1) is 12.7 Å². The number of esters is 1. The number of aromatic nitrogens is 1. The highest BCUT2D eigenvalue weighted by Gasteiger charge is 2.17. The van der Waals surface area contributed by atoms with Crippen molar-refractivity contribution in [3.05, 3.63) is 40.9 Å². The summed E-state index contributed by atoms with van der Waals surface area (Å²) < 4.78 is 10.0. The van der Waals surface area contributed by atoms with E-state index in [0.717, 1.165) is 11.3 Å². The number of Topliss-reactive ketones (excluding diaryl/α,β-unsaturated/α-hetero) is 1. The van der Waals surface area contributed by atoms with E-state index in [1.807, 2.05) is 0 Å². The number of nitrogens with zero attached hydrogens (tertiary/aromatic N) is 1. The molecule has 23 heavy (non-hydrogen) atoms. The topological polar surface area (TPSA) is 94.6 Å². The van der Waals surface area contributed by atoms with Gasteiger partial charge in [0.1, 0.15) is 5.75 Å². The maximum Gasteiger partial charge on any atom is 0.358 e. The number of hydrogen-bond acceptors (Lipinski definition) is 7. The molecule has 1 aromatic carbocycles. The van der Waals surface area contributed by atoms with Crippen molar-refractivity contribution >= 4 is 34.1 Å². The van der Waals surface area contributed by atoms with Gasteiger partial charge in [-0.2, -0.15) is 0 Å². The second-order valence-corrected chi connectivity index (χ2v) is 5.28. The standard InChI is InChI=1S/C15H14N2O5S/c1-9(18)16-15-17-11(8-23-15)14(20)22-7-12(19)10-5-3-4-6-13(10)21-2/h3-6,8H,7H2,1-2H3,(H,16,17,18). The smallest absolute Gasteiger partial charge is 0.358 e. The van der Waals surface area contributed by atoms with Gasteiger partial charge >= 0.3 is 5.97 Å². The molecule has 0 aliphatic heterocycles. The average molecular weight is 334 g/mol. The number of methoxy groups -OCH3 is 1. The first-order valence-electron chi connectivity index (χ1n) is 6.57. The van der Waals surface area contributed by atoms with Crippen LogP contribution in [0.4, 0.5) is 5.13 Å². The molecule has 1 heterocycles. The molecule has 0 aliphatic rings. The number of hydrogen-bond donors (Lipinski definition) is 1. The third-order valence-electron chi connectivity index (χ3n) is 2.74. The fourth-order valence-corrected chi connectivity index (χ4v) is 2.46. The first kappa shape index (κ1) is 16.6. The summed E-state index contributed by atoms with van der Waals surface area (Å²) in [5.41, 5.74) is 0.367. The fourth-order valence-electron chi connectivity index (χ4n) is 1.73. The van der Waals surface area contributed by atoms with Gasteiger partial charge in [0.25, 0.3) is 0 Å². The summed E-state index contributed by atoms with van der Waals surface area (Å²) in [7, 11) is 1.46. The Kier molecular flexibility index (Phi) is 5.42. The molecule has 1 amide bonds. The average Bonchev–Trinajstić information content (AvgIpc) is 3.00. The Morgan fingerprint density at radius 3 is 2.70 bits per heavy atom. The summed E-state index contributed by atoms with van der Waals surface area (Å²) in [4.78, 5) is 38.8. The number of amides is 1. The van der Waals surface area contributed by atoms with Crippen molar-refractivity contribution in [3.8, 4) is 5.75 Å². The van der Waals surface area contributed by atoms with E-state index in [1.54, 1.807) is 24.3 Å². The molecule has 8 heteroatoms. The van der Waals surface area contributed by atoms with Crippen molar-refractivity contribution in [1.82, 2.24) is 4.98 Å². The van der Waals surface area contributed by atoms with E-state index in [-0.39, 0.29) is 17.4 Å². The lowest BCUT2D eigenvalue weighted by atomic mass is 10.1. The second kappa shape index (κ2) is 7.50. The lowest BCUT2D eigenvalue weighted by Crippen LogP contribution is -2.15. The quantitative estimate of drug-likeness (QED) is 0.642. The lowest BCUT2D eigenvalue weighted by Gasteiger charge is -2.07. The number of ether oxygens (including phenoxy) is 2. The number of para-hydroxylation sites is 1. The third-order valence-corrected chi connectivity index (χ3v) is 3.50. The van der Waals surface area contributed by atoms with E-state index in [9.17, 15) is 14.4 Å². The number of ketones is 1. The van der Waals surface area contributed by atoms with Gasteiger partial charge in [0.15, 0.2) is 17.4 Å². The van der Waals surface area contributed by atoms with Crippen LogP contribution in [0.2, 0.25) is 0 Å². The molecule has 0 bridgehead atoms. The SMILES string of the molecule is COc1ccccc1C(=O)COC(=O)c1csc(NC(C)=O)n1. The van der Waals surface area contributed by atoms with Gasteiger partial charge in [-0.25, -0.2) is 9.78 Å². The molecule has 2 rings (SSSR count). The highest BCUT2D eigenvalue weighted by molar-refractivity contribution is 7.14. The lowest BCUT2D eigenvalue weighted by molar-refractivity contribution is -0.114. The Morgan fingerprint density at radius 1 is 1.26 bits per heavy atom. The van der Waals surface area contributed by atoms with Crippen LogP contribution in [0.1, 0.15) is 27.8 Å². The van der Waals surface area contributed by atoms with E-state index in [2.05, 4.69) is 10.3 Å². The molecular weight excluding hydrogens is 320 g/mol. The summed E-state index contributed by atoms with van der Waals surface area (Å²) in [6.45, 7) is 0.914. The van der Waals surface area contributed by atoms with E-state index in [4.69, 9.17) is 9.47 Å². The number of nitrogens with one attached hydrogen (secondary N) is 1. The molecule has 0 atom stereocenters. The minimum absolute atomic E-state index is 0.0339. The van der Waals surface area contributed by atoms with Crippen LogP contribution in [-0.2, 0) is 9.53 Å². The first-order valence-corrected chi connectivity index (χ1v) is 7.45. The number of anilines is 1. The Bertz CT molecular complexity index is 741. The second-order valence-electron chi connectivity index (χ2n) is 4.42. The number of carbonyl (C=O) groups excluding carboxylic acids is 3. The molecule has 1 N–H and O–H groups in total. The van der Waals surface area contributed by atoms with E-state index < -0.39 is 12.6 Å². The van der Waals surface area contributed by atoms with Gasteiger partial charge < -0.3 is 14.8 Å². The van der Waals surface area contributed by atoms with Crippen molar-refractivity contribution < 1.29 is 23.9 Å². The van der Waals surface area contributed by atoms with Crippen LogP contribution in [-0.4, -0.2) is 36.4 Å². The third kappa shape index (κ3) is 4.36. The van der Waals surface area contributed by atoms with Crippen molar-refractivity contribution in [2.45, 2.75) is 6.92 Å². The molecule has 0 radical (unpaired) electrons. The molecule has 7 nitrogen and oxygen atoms in total. The monoisotopic (exact) mass is 334 g/mol. The van der Waals surface area contributed by atoms with Crippen LogP contribution in [0.15, 0.2) is 29.6 Å². The normalized spacial score (nSPS) is 10.0. The van der Waals surface area contributed by atoms with Crippen LogP contribution >= 0.6 is 11.3 Å². The zero-order valence-corrected chi connectivity index (χ0v) is 13.3. The Labute approximate surface area is 136 Å². The summed E-state index contributed by atoms with van der Waals surface area (Å²) >= 11 is 1.09. The summed E-state index contributed by atoms with van der Waals surface area (Å²) in [6, 6.07) is 6.67. The van der Waals surface area contributed by atoms with Gasteiger partial charge in [0.2, 0.25) is 11.7 Å². The predicted octanol–water partition coefficient (Wildman–Crippen LogP) is 2.15. The number of rotatable bonds is 6. The van der Waals surface area contributed by atoms with Crippen LogP contribution in [0.25, 0.3) is 0 Å². The summed E-state index contributed by atoms with van der Waals surface area (Å²) in [5.74, 6) is -0.991. The molecule has 0 fully saturated rings. The molecule has 0 saturated carbocycles. The van der Waals surface area contributed by atoms with E-state index in [1.165, 1.54) is 19.4 Å². The highest BCUT2D eigenvalue weighted by atomic mass is 32.1. The minimum atomic E-state index is -0.735. The predicted molar refractivity (Wildman–Crippen MR) is 84.0 cm³/mol. The van der Waals surface area contributed by atoms with Crippen molar-refractivity contribution in [1.29, 1.82) is 0 Å². The Balaban J connectivity index is 1.97. The molecule has 1 aromatic heterocycles. The van der Waals surface area contributed by atoms with Crippen LogP contribution in [0, 0.1) is 0 Å². The number of carbonyl (C=O) groups is 3. The molecule has 0 aliphatic carbocycles. The summed E-state index contributed by atoms with van der Waals surface area (Å²) in [6.07, 6.45) is 0. The zero-order chi connectivity index (χ0) is 16.8. The molecule has 0 unspecified atom stereocenters. The largest absolute Gasteiger partial charge is 0.496 e. The van der Waals surface area contributed by atoms with Crippen molar-refractivity contribution in [2.24, 2.45) is 0 Å². The van der Waals surface area contributed by atoms with Gasteiger partial charge in [-0.05, 0) is 12.1 Å². The first-order chi connectivity index (χ1) is 11.0. The summed E-state index contributed by atoms with van der Waals surface area (Å²) in [5, 5.41) is 4.20. The van der Waals surface area contributed by atoms with E-state index in [0.29, 0.717) is 16.4 Å². The maximum absolute atomic E-state index is 12.1. The van der Waals surface area contributed by atoms with Crippen LogP contribution in [0.5, 0.6) is 5.75 Å². The van der Waals surface area contributed by atoms with Crippen LogP contribution in [0.3, 0.4) is 0 Å². The van der Waals surface area contributed by atoms with Gasteiger partial charge in [-0.1, -0.05) is 12.1 Å². The molecule has 0 saturated heterocycles. The van der Waals surface area contributed by atoms with E-state index >= 15 is 0 Å². The molecule has 2 aromatic rings. The van der Waals surface area contributed by atoms with Crippen molar-refractivity contribution in [3.63, 3.8) is 0 Å². The molecule has 0 spiro atoms. The number of benzene rings is 1. The molecular formula is C15H14N2O5S. The highest BCUT2D eigenvalue weighted by Crippen LogP contribution is 2.19. The zero-order valence-electron chi connectivity index (χ0n) is 12.5. The van der Waals surface area contributed by atoms with Crippen LogP contribution < -0.4 is 10.1 Å². The van der Waals surface area contributed by atoms with Crippen molar-refractivity contribution in [2.75, 3.05) is 19.0 Å². The molecule has 120 valence electrons. The Morgan fingerprint density at radius 2 is 2.00 bits per heavy atom. The van der Waals surface area contributed by atoms with Gasteiger partial charge in [-0.3, -0.25) is 9.59 Å². The van der Waals surface area contributed by atoms with Gasteiger partial charge in [0, 0.05) is 12.3 Å². The minimum Gasteiger partial charge on any atom is -0.496 e. The number of thiazole rings is 1. The Hall–Kier alpha value is -2.74. The fraction of sp³-hybridized carbons (Fsp3) is 0.200. The maximum atomic E-state index is 12.1. The van der Waals surface area contributed by atoms with Gasteiger partial charge in [-0.15, -0.1) is 11.3 Å².